The van der Waals surface area contributed by atoms with E-state index < -0.39 is 0 Å². The van der Waals surface area contributed by atoms with E-state index in [9.17, 15) is 0 Å². The number of nitrogens with one attached hydrogen (secondary N) is 1. The first-order chi connectivity index (χ1) is 10.2. The standard InChI is InChI=1S/C15H17N5O/c1-11(2)15-18-14(21-19-15)10-16-12-6-3-4-7-13(12)20-9-5-8-17-20/h3-9,11,16H,10H2,1-2H3. The maximum Gasteiger partial charge on any atom is 0.245 e. The molecule has 0 aliphatic rings. The molecule has 108 valence electrons. The van der Waals surface area contributed by atoms with Crippen LogP contribution < -0.4 is 5.32 Å². The zero-order chi connectivity index (χ0) is 14.7. The van der Waals surface area contributed by atoms with Gasteiger partial charge in [0.25, 0.3) is 0 Å². The molecule has 1 N–H and O–H groups in total. The van der Waals surface area contributed by atoms with Crippen LogP contribution in [0.5, 0.6) is 0 Å². The maximum absolute atomic E-state index is 5.23. The van der Waals surface area contributed by atoms with E-state index >= 15 is 0 Å². The van der Waals surface area contributed by atoms with Crippen LogP contribution in [0.3, 0.4) is 0 Å². The average molecular weight is 283 g/mol. The van der Waals surface area contributed by atoms with E-state index in [1.54, 1.807) is 6.20 Å². The highest BCUT2D eigenvalue weighted by molar-refractivity contribution is 5.60. The summed E-state index contributed by atoms with van der Waals surface area (Å²) < 4.78 is 7.05. The minimum atomic E-state index is 0.263. The van der Waals surface area contributed by atoms with E-state index in [0.29, 0.717) is 12.4 Å². The van der Waals surface area contributed by atoms with Crippen LogP contribution in [0.25, 0.3) is 5.69 Å². The van der Waals surface area contributed by atoms with Crippen molar-refractivity contribution in [3.63, 3.8) is 0 Å². The summed E-state index contributed by atoms with van der Waals surface area (Å²) in [7, 11) is 0. The molecular formula is C15H17N5O. The summed E-state index contributed by atoms with van der Waals surface area (Å²) in [6, 6.07) is 9.84. The maximum atomic E-state index is 5.23. The van der Waals surface area contributed by atoms with Crippen LogP contribution in [0.2, 0.25) is 0 Å². The zero-order valence-corrected chi connectivity index (χ0v) is 12.0. The van der Waals surface area contributed by atoms with Crippen molar-refractivity contribution in [1.29, 1.82) is 0 Å². The van der Waals surface area contributed by atoms with Gasteiger partial charge in [0.2, 0.25) is 5.89 Å². The normalized spacial score (nSPS) is 11.0. The van der Waals surface area contributed by atoms with Gasteiger partial charge in [0.1, 0.15) is 0 Å². The van der Waals surface area contributed by atoms with Gasteiger partial charge in [-0.05, 0) is 18.2 Å². The molecule has 0 aliphatic heterocycles. The molecule has 0 saturated heterocycles. The highest BCUT2D eigenvalue weighted by Crippen LogP contribution is 2.20. The van der Waals surface area contributed by atoms with Crippen molar-refractivity contribution in [3.8, 4) is 5.69 Å². The second kappa shape index (κ2) is 5.78. The summed E-state index contributed by atoms with van der Waals surface area (Å²) in [5, 5.41) is 11.5. The molecule has 0 fully saturated rings. The second-order valence-electron chi connectivity index (χ2n) is 5.02. The first kappa shape index (κ1) is 13.4. The smallest absolute Gasteiger partial charge is 0.245 e. The molecule has 0 saturated carbocycles. The molecule has 6 heteroatoms. The predicted octanol–water partition coefficient (Wildman–Crippen LogP) is 2.99. The number of rotatable bonds is 5. The van der Waals surface area contributed by atoms with E-state index in [1.165, 1.54) is 0 Å². The largest absolute Gasteiger partial charge is 0.374 e. The molecule has 2 heterocycles. The van der Waals surface area contributed by atoms with Gasteiger partial charge in [0.05, 0.1) is 17.9 Å². The number of para-hydroxylation sites is 2. The molecule has 2 aromatic heterocycles. The summed E-state index contributed by atoms with van der Waals surface area (Å²) in [5.41, 5.74) is 1.94. The number of aromatic nitrogens is 4. The second-order valence-corrected chi connectivity index (χ2v) is 5.02. The van der Waals surface area contributed by atoms with Gasteiger partial charge < -0.3 is 9.84 Å². The molecule has 3 aromatic rings. The van der Waals surface area contributed by atoms with Crippen molar-refractivity contribution >= 4 is 5.69 Å². The van der Waals surface area contributed by atoms with Crippen LogP contribution in [-0.4, -0.2) is 19.9 Å². The monoisotopic (exact) mass is 283 g/mol. The fraction of sp³-hybridized carbons (Fsp3) is 0.267. The van der Waals surface area contributed by atoms with Gasteiger partial charge in [-0.3, -0.25) is 0 Å². The van der Waals surface area contributed by atoms with Gasteiger partial charge in [0.15, 0.2) is 5.82 Å². The van der Waals surface area contributed by atoms with Gasteiger partial charge in [-0.2, -0.15) is 10.1 Å². The quantitative estimate of drug-likeness (QED) is 0.779. The summed E-state index contributed by atoms with van der Waals surface area (Å²) in [5.74, 6) is 1.57. The molecule has 0 amide bonds. The molecule has 21 heavy (non-hydrogen) atoms. The number of hydrogen-bond donors (Lipinski definition) is 1. The molecule has 0 radical (unpaired) electrons. The van der Waals surface area contributed by atoms with Crippen molar-refractivity contribution < 1.29 is 4.52 Å². The molecule has 0 atom stereocenters. The molecular weight excluding hydrogens is 266 g/mol. The van der Waals surface area contributed by atoms with Gasteiger partial charge >= 0.3 is 0 Å². The van der Waals surface area contributed by atoms with E-state index in [-0.39, 0.29) is 5.92 Å². The third-order valence-corrected chi connectivity index (χ3v) is 3.09. The van der Waals surface area contributed by atoms with Gasteiger partial charge in [-0.25, -0.2) is 4.68 Å². The lowest BCUT2D eigenvalue weighted by molar-refractivity contribution is 0.376. The topological polar surface area (TPSA) is 68.8 Å². The number of anilines is 1. The lowest BCUT2D eigenvalue weighted by Gasteiger charge is -2.10. The minimum Gasteiger partial charge on any atom is -0.374 e. The van der Waals surface area contributed by atoms with E-state index in [1.807, 2.05) is 55.1 Å². The third-order valence-electron chi connectivity index (χ3n) is 3.09. The molecule has 6 nitrogen and oxygen atoms in total. The van der Waals surface area contributed by atoms with Crippen LogP contribution in [0.4, 0.5) is 5.69 Å². The van der Waals surface area contributed by atoms with Gasteiger partial charge in [0, 0.05) is 18.3 Å². The highest BCUT2D eigenvalue weighted by atomic mass is 16.5. The average Bonchev–Trinajstić information content (AvgIpc) is 3.17. The number of benzene rings is 1. The molecule has 0 bridgehead atoms. The fourth-order valence-corrected chi connectivity index (χ4v) is 1.98. The molecule has 1 aromatic carbocycles. The van der Waals surface area contributed by atoms with Gasteiger partial charge in [-0.15, -0.1) is 0 Å². The lowest BCUT2D eigenvalue weighted by atomic mass is 10.2. The van der Waals surface area contributed by atoms with Crippen molar-refractivity contribution in [1.82, 2.24) is 19.9 Å². The summed E-state index contributed by atoms with van der Waals surface area (Å²) in [4.78, 5) is 4.35. The van der Waals surface area contributed by atoms with Crippen LogP contribution in [0.1, 0.15) is 31.5 Å². The number of nitrogens with zero attached hydrogens (tertiary/aromatic N) is 4. The zero-order valence-electron chi connectivity index (χ0n) is 12.0. The SMILES string of the molecule is CC(C)c1noc(CNc2ccccc2-n2cccn2)n1. The van der Waals surface area contributed by atoms with Crippen LogP contribution in [0.15, 0.2) is 47.2 Å². The highest BCUT2D eigenvalue weighted by Gasteiger charge is 2.10. The Morgan fingerprint density at radius 2 is 2.10 bits per heavy atom. The Morgan fingerprint density at radius 1 is 1.24 bits per heavy atom. The molecule has 0 aliphatic carbocycles. The molecule has 0 unspecified atom stereocenters. The van der Waals surface area contributed by atoms with Crippen molar-refractivity contribution in [2.24, 2.45) is 0 Å². The Kier molecular flexibility index (Phi) is 3.68. The van der Waals surface area contributed by atoms with Gasteiger partial charge in [-0.1, -0.05) is 31.1 Å². The Hall–Kier alpha value is -2.63. The Labute approximate surface area is 122 Å². The summed E-state index contributed by atoms with van der Waals surface area (Å²) in [6.07, 6.45) is 3.66. The molecule has 3 rings (SSSR count). The third kappa shape index (κ3) is 2.94. The summed E-state index contributed by atoms with van der Waals surface area (Å²) in [6.45, 7) is 4.56. The number of hydrogen-bond acceptors (Lipinski definition) is 5. The van der Waals surface area contributed by atoms with Crippen molar-refractivity contribution in [2.75, 3.05) is 5.32 Å². The lowest BCUT2D eigenvalue weighted by Crippen LogP contribution is -2.05. The summed E-state index contributed by atoms with van der Waals surface area (Å²) >= 11 is 0. The first-order valence-electron chi connectivity index (χ1n) is 6.89. The fourth-order valence-electron chi connectivity index (χ4n) is 1.98. The van der Waals surface area contributed by atoms with E-state index in [2.05, 4.69) is 20.6 Å². The van der Waals surface area contributed by atoms with E-state index in [0.717, 1.165) is 17.2 Å². The van der Waals surface area contributed by atoms with Crippen molar-refractivity contribution in [2.45, 2.75) is 26.3 Å². The van der Waals surface area contributed by atoms with Crippen LogP contribution >= 0.6 is 0 Å². The van der Waals surface area contributed by atoms with Crippen LogP contribution in [-0.2, 0) is 6.54 Å². The Balaban J connectivity index is 1.76. The first-order valence-corrected chi connectivity index (χ1v) is 6.89. The Morgan fingerprint density at radius 3 is 2.81 bits per heavy atom. The molecule has 0 spiro atoms. The van der Waals surface area contributed by atoms with E-state index in [4.69, 9.17) is 4.52 Å². The van der Waals surface area contributed by atoms with Crippen LogP contribution in [0, 0.1) is 0 Å². The Bertz CT molecular complexity index is 702. The van der Waals surface area contributed by atoms with Crippen molar-refractivity contribution in [3.05, 3.63) is 54.4 Å². The predicted molar refractivity (Wildman–Crippen MR) is 79.3 cm³/mol. The minimum absolute atomic E-state index is 0.263.